The first-order valence-corrected chi connectivity index (χ1v) is 42.7. The second-order valence-corrected chi connectivity index (χ2v) is 28.7. The van der Waals surface area contributed by atoms with Gasteiger partial charge in [0.1, 0.15) is 94.8 Å². The van der Waals surface area contributed by atoms with Gasteiger partial charge in [0, 0.05) is 78.6 Å². The first-order chi connectivity index (χ1) is 60.9. The average molecular weight is 1970 g/mol. The average Bonchev–Trinajstić information content (AvgIpc) is 1.60. The van der Waals surface area contributed by atoms with Crippen molar-refractivity contribution >= 4 is 67.1 Å². The molecule has 0 aliphatic rings. The Labute approximate surface area is 746 Å². The van der Waals surface area contributed by atoms with Crippen LogP contribution in [0.15, 0.2) is 110 Å². The lowest BCUT2D eigenvalue weighted by atomic mass is 10.1. The highest BCUT2D eigenvalue weighted by molar-refractivity contribution is 14.1. The van der Waals surface area contributed by atoms with Crippen molar-refractivity contribution in [2.75, 3.05) is 281 Å². The zero-order valence-electron chi connectivity index (χ0n) is 71.4. The number of pyridine rings is 1. The summed E-state index contributed by atoms with van der Waals surface area (Å²) in [6, 6.07) is 22.9. The molecule has 0 radical (unpaired) electrons. The molecule has 682 valence electrons. The summed E-state index contributed by atoms with van der Waals surface area (Å²) in [5, 5.41) is 19.2. The van der Waals surface area contributed by atoms with E-state index < -0.39 is 11.3 Å². The molecule has 0 aliphatic carbocycles. The van der Waals surface area contributed by atoms with Crippen molar-refractivity contribution < 1.29 is 137 Å². The fourth-order valence-electron chi connectivity index (χ4n) is 11.5. The van der Waals surface area contributed by atoms with Gasteiger partial charge in [-0.1, -0.05) is 10.4 Å². The minimum absolute atomic E-state index is 0.0379. The van der Waals surface area contributed by atoms with E-state index in [1.54, 1.807) is 103 Å². The molecule has 0 saturated carbocycles. The number of ether oxygens (including phenoxy) is 26. The first-order valence-electron chi connectivity index (χ1n) is 40.6. The van der Waals surface area contributed by atoms with Crippen LogP contribution in [-0.4, -0.2) is 310 Å². The fraction of sp³-hybridized carbons (Fsp3) is 0.541. The Bertz CT molecular complexity index is 4550. The second kappa shape index (κ2) is 59.0. The highest BCUT2D eigenvalue weighted by atomic mass is 127. The topological polar surface area (TPSA) is 366 Å². The van der Waals surface area contributed by atoms with Crippen LogP contribution in [0.2, 0.25) is 0 Å². The molecule has 0 bridgehead atoms. The number of benzene rings is 4. The van der Waals surface area contributed by atoms with Gasteiger partial charge in [0.2, 0.25) is 11.5 Å². The smallest absolute Gasteiger partial charge is 0.362 e. The van der Waals surface area contributed by atoms with Gasteiger partial charge >= 0.3 is 11.3 Å². The first kappa shape index (κ1) is 99.6. The van der Waals surface area contributed by atoms with Crippen LogP contribution >= 0.6 is 45.2 Å². The summed E-state index contributed by atoms with van der Waals surface area (Å²) in [4.78, 5) is 28.2. The Morgan fingerprint density at radius 2 is 0.605 bits per heavy atom. The maximum absolute atomic E-state index is 14.1. The van der Waals surface area contributed by atoms with Gasteiger partial charge in [-0.15, -0.1) is 10.2 Å². The summed E-state index contributed by atoms with van der Waals surface area (Å²) < 4.78 is 167. The molecule has 9 aromatic rings. The van der Waals surface area contributed by atoms with Crippen LogP contribution in [0.4, 0.5) is 0 Å². The number of rotatable bonds is 71. The molecule has 124 heavy (non-hydrogen) atoms. The number of fused-ring (bicyclic) bond motifs is 2. The van der Waals surface area contributed by atoms with Gasteiger partial charge in [0.15, 0.2) is 46.8 Å². The van der Waals surface area contributed by atoms with Crippen LogP contribution < -0.4 is 53.7 Å². The molecular formula is C85H114I2N7O30+. The monoisotopic (exact) mass is 1970 g/mol. The Morgan fingerprint density at radius 3 is 0.919 bits per heavy atom. The van der Waals surface area contributed by atoms with E-state index in [0.29, 0.717) is 269 Å². The highest BCUT2D eigenvalue weighted by Crippen LogP contribution is 2.42. The molecule has 0 aliphatic heterocycles. The quantitative estimate of drug-likeness (QED) is 0.0149. The third kappa shape index (κ3) is 34.6. The van der Waals surface area contributed by atoms with Crippen molar-refractivity contribution in [1.82, 2.24) is 30.0 Å². The van der Waals surface area contributed by atoms with Crippen LogP contribution in [0, 0.1) is 7.40 Å². The van der Waals surface area contributed by atoms with E-state index in [0.717, 1.165) is 0 Å². The summed E-state index contributed by atoms with van der Waals surface area (Å²) in [5.41, 5.74) is 2.96. The molecule has 0 atom stereocenters. The lowest BCUT2D eigenvalue weighted by molar-refractivity contribution is -0.670. The van der Waals surface area contributed by atoms with Crippen LogP contribution in [0.1, 0.15) is 17.5 Å². The highest BCUT2D eigenvalue weighted by Gasteiger charge is 2.26. The van der Waals surface area contributed by atoms with E-state index in [1.807, 2.05) is 42.2 Å². The molecule has 9 rings (SSSR count). The molecule has 0 fully saturated rings. The van der Waals surface area contributed by atoms with Crippen molar-refractivity contribution in [3.05, 3.63) is 131 Å². The lowest BCUT2D eigenvalue weighted by Crippen LogP contribution is -2.27. The van der Waals surface area contributed by atoms with Crippen molar-refractivity contribution in [1.29, 1.82) is 0 Å². The largest absolute Gasteiger partial charge is 0.489 e. The molecular weight excluding hydrogens is 1850 g/mol. The molecule has 0 saturated heterocycles. The van der Waals surface area contributed by atoms with E-state index in [1.165, 1.54) is 9.36 Å². The molecule has 5 aromatic heterocycles. The predicted molar refractivity (Wildman–Crippen MR) is 466 cm³/mol. The molecule has 0 unspecified atom stereocenters. The van der Waals surface area contributed by atoms with Gasteiger partial charge < -0.3 is 132 Å². The summed E-state index contributed by atoms with van der Waals surface area (Å²) in [7, 11) is 11.6. The molecule has 4 aromatic carbocycles. The Hall–Kier alpha value is -8.13. The van der Waals surface area contributed by atoms with Gasteiger partial charge in [0.25, 0.3) is 0 Å². The lowest BCUT2D eigenvalue weighted by Gasteiger charge is -2.19. The number of aryl methyl sites for hydroxylation is 1. The van der Waals surface area contributed by atoms with E-state index in [9.17, 15) is 9.59 Å². The summed E-state index contributed by atoms with van der Waals surface area (Å²) in [6.07, 6.45) is 4.29. The van der Waals surface area contributed by atoms with Crippen molar-refractivity contribution in [2.45, 2.75) is 19.6 Å². The van der Waals surface area contributed by atoms with Crippen LogP contribution in [0.3, 0.4) is 0 Å². The molecule has 37 nitrogen and oxygen atoms in total. The van der Waals surface area contributed by atoms with Gasteiger partial charge in [-0.25, -0.2) is 14.2 Å². The SMILES string of the molecule is COCCOCCOCCCOc1cc(COc2ccc3cc(-n4nnc(-c5cc(-c6nnn(-c7cc8ccc(OCc9cc(OCCOCCOCCOC)c(OCCOCCOCCOC)c(OCCOCCOCCOC)c9)cc8oc7=O)c6I)c[n+](C)c5)c4I)c(=O)oc3c2)cc(OCCOCCOCCOC)c1OCCOCCOCCOC. The van der Waals surface area contributed by atoms with E-state index >= 15 is 0 Å². The van der Waals surface area contributed by atoms with Gasteiger partial charge in [-0.05, 0) is 123 Å². The zero-order valence-corrected chi connectivity index (χ0v) is 75.7. The van der Waals surface area contributed by atoms with Crippen LogP contribution in [0.5, 0.6) is 46.0 Å². The summed E-state index contributed by atoms with van der Waals surface area (Å²) >= 11 is 4.22. The number of aromatic nitrogens is 7. The Kier molecular flexibility index (Phi) is 47.4. The number of hydrogen-bond acceptors (Lipinski definition) is 34. The number of halogens is 2. The molecule has 5 heterocycles. The van der Waals surface area contributed by atoms with E-state index in [-0.39, 0.29) is 108 Å². The maximum atomic E-state index is 14.1. The summed E-state index contributed by atoms with van der Waals surface area (Å²) in [6.45, 7) is 13.2. The normalized spacial score (nSPS) is 11.6. The molecule has 0 N–H and O–H groups in total. The van der Waals surface area contributed by atoms with Crippen molar-refractivity contribution in [3.8, 4) is 79.9 Å². The van der Waals surface area contributed by atoms with Gasteiger partial charge in [0.05, 0.1) is 209 Å². The second-order valence-electron chi connectivity index (χ2n) is 26.7. The maximum Gasteiger partial charge on any atom is 0.362 e. The third-order valence-electron chi connectivity index (χ3n) is 17.5. The molecule has 0 spiro atoms. The van der Waals surface area contributed by atoms with Gasteiger partial charge in [-0.2, -0.15) is 9.36 Å². The molecule has 39 heteroatoms. The van der Waals surface area contributed by atoms with Crippen molar-refractivity contribution in [2.24, 2.45) is 7.05 Å². The minimum atomic E-state index is -0.677. The zero-order chi connectivity index (χ0) is 87.4. The van der Waals surface area contributed by atoms with Crippen LogP contribution in [0.25, 0.3) is 55.8 Å². The predicted octanol–water partition coefficient (Wildman–Crippen LogP) is 8.33. The van der Waals surface area contributed by atoms with Gasteiger partial charge in [-0.3, -0.25) is 0 Å². The number of hydrogen-bond donors (Lipinski definition) is 0. The van der Waals surface area contributed by atoms with Crippen LogP contribution in [-0.2, 0) is 106 Å². The number of methoxy groups -OCH3 is 6. The third-order valence-corrected chi connectivity index (χ3v) is 19.4. The summed E-state index contributed by atoms with van der Waals surface area (Å²) in [5.74, 6) is 3.09. The standard InChI is InChI=1S/C85H114I2N7O30/c1-92-58-66(78-82(86)93(90-88-78)70-54-64-9-11-68(56-72(64)123-84(70)95)121-60-62-49-74(115-14-8-13-103-27-28-104-21-15-97-2)80(119-47-42-113-37-32-108-25-19-101-6)75(50-62)116-44-39-110-34-29-105-22-16-98-3)53-67(59-92)79-83(87)94(91-89-79)71-55-65-10-12-69(57-73(65)124-85(71)96)122-61-63-51-76(117-45-40-111-35-30-106-23-17-99-4)81(120-48-43-114-38-33-109-26-20-102-7)77(52-63)118-46-41-112-36-31-107-24-18-100-5/h9-12,49-59H,8,13-48,60-61H2,1-7H3/q+1. The van der Waals surface area contributed by atoms with E-state index in [2.05, 4.69) is 65.8 Å². The minimum Gasteiger partial charge on any atom is -0.489 e. The molecule has 0 amide bonds. The number of nitrogens with zero attached hydrogens (tertiary/aromatic N) is 7. The van der Waals surface area contributed by atoms with Crippen molar-refractivity contribution in [3.63, 3.8) is 0 Å². The fourth-order valence-corrected chi connectivity index (χ4v) is 13.0. The Balaban J connectivity index is 0.875. The Morgan fingerprint density at radius 1 is 0.323 bits per heavy atom. The van der Waals surface area contributed by atoms with E-state index in [4.69, 9.17) is 132 Å².